The largest absolute Gasteiger partial charge is 0.497 e. The van der Waals surface area contributed by atoms with Crippen molar-refractivity contribution in [3.8, 4) is 5.75 Å². The maximum atomic E-state index is 13.1. The number of aromatic amines is 2. The standard InChI is InChI=1S/C19H21N3O5/c1-10-17(18(24)21-20-10)13(9-16(23)27-4)14-7-11-5-6-12(26-3)8-15(11)22(2)19(14)25/h5-8,13H,9H2,1-4H3,(H2,20,21,24)/t13-/m0/s1. The van der Waals surface area contributed by atoms with Crippen LogP contribution in [-0.2, 0) is 16.6 Å². The quantitative estimate of drug-likeness (QED) is 0.662. The van der Waals surface area contributed by atoms with Crippen LogP contribution in [-0.4, -0.2) is 35.0 Å². The molecular weight excluding hydrogens is 350 g/mol. The summed E-state index contributed by atoms with van der Waals surface area (Å²) in [5, 5.41) is 6.05. The summed E-state index contributed by atoms with van der Waals surface area (Å²) in [6.45, 7) is 1.72. The van der Waals surface area contributed by atoms with Crippen LogP contribution < -0.4 is 15.9 Å². The normalized spacial score (nSPS) is 12.1. The van der Waals surface area contributed by atoms with Gasteiger partial charge in [0.1, 0.15) is 5.75 Å². The zero-order valence-electron chi connectivity index (χ0n) is 15.6. The third-order valence-corrected chi connectivity index (χ3v) is 4.80. The molecule has 0 aliphatic carbocycles. The van der Waals surface area contributed by atoms with Crippen LogP contribution in [0.25, 0.3) is 10.9 Å². The Balaban J connectivity index is 2.27. The van der Waals surface area contributed by atoms with Crippen molar-refractivity contribution in [1.82, 2.24) is 14.8 Å². The van der Waals surface area contributed by atoms with Gasteiger partial charge in [0, 0.05) is 35.9 Å². The van der Waals surface area contributed by atoms with E-state index in [1.54, 1.807) is 39.3 Å². The zero-order chi connectivity index (χ0) is 19.7. The summed E-state index contributed by atoms with van der Waals surface area (Å²) < 4.78 is 11.5. The number of nitrogens with one attached hydrogen (secondary N) is 2. The summed E-state index contributed by atoms with van der Waals surface area (Å²) in [5.74, 6) is -0.594. The number of methoxy groups -OCH3 is 2. The fourth-order valence-electron chi connectivity index (χ4n) is 3.34. The minimum absolute atomic E-state index is 0.116. The second-order valence-electron chi connectivity index (χ2n) is 6.34. The summed E-state index contributed by atoms with van der Waals surface area (Å²) >= 11 is 0. The van der Waals surface area contributed by atoms with Gasteiger partial charge in [0.25, 0.3) is 11.1 Å². The Labute approximate surface area is 154 Å². The number of rotatable bonds is 5. The summed E-state index contributed by atoms with van der Waals surface area (Å²) in [4.78, 5) is 37.3. The number of carbonyl (C=O) groups is 1. The number of benzene rings is 1. The Hall–Kier alpha value is -3.29. The number of aryl methyl sites for hydroxylation is 2. The Kier molecular flexibility index (Phi) is 4.89. The number of aromatic nitrogens is 3. The van der Waals surface area contributed by atoms with E-state index in [4.69, 9.17) is 9.47 Å². The van der Waals surface area contributed by atoms with Crippen molar-refractivity contribution >= 4 is 16.9 Å². The smallest absolute Gasteiger partial charge is 0.306 e. The van der Waals surface area contributed by atoms with Gasteiger partial charge in [-0.25, -0.2) is 0 Å². The summed E-state index contributed by atoms with van der Waals surface area (Å²) in [6.07, 6.45) is -0.116. The number of nitrogens with zero attached hydrogens (tertiary/aromatic N) is 1. The van der Waals surface area contributed by atoms with Crippen LogP contribution in [0.4, 0.5) is 0 Å². The average molecular weight is 371 g/mol. The summed E-state index contributed by atoms with van der Waals surface area (Å²) in [5.41, 5.74) is 1.33. The topological polar surface area (TPSA) is 106 Å². The average Bonchev–Trinajstić information content (AvgIpc) is 3.00. The number of ether oxygens (including phenoxy) is 2. The third kappa shape index (κ3) is 3.25. The first kappa shape index (κ1) is 18.5. The molecule has 8 heteroatoms. The molecule has 1 atom stereocenters. The maximum absolute atomic E-state index is 13.1. The number of fused-ring (bicyclic) bond motifs is 1. The Morgan fingerprint density at radius 3 is 2.52 bits per heavy atom. The second kappa shape index (κ2) is 7.14. The van der Waals surface area contributed by atoms with Crippen LogP contribution in [0.5, 0.6) is 5.75 Å². The highest BCUT2D eigenvalue weighted by molar-refractivity contribution is 5.82. The van der Waals surface area contributed by atoms with Gasteiger partial charge < -0.3 is 19.1 Å². The molecule has 8 nitrogen and oxygen atoms in total. The van der Waals surface area contributed by atoms with Crippen LogP contribution in [0.3, 0.4) is 0 Å². The summed E-state index contributed by atoms with van der Waals surface area (Å²) in [7, 11) is 4.48. The SMILES string of the molecule is COC(=O)C[C@H](c1c(C)[nH][nH]c1=O)c1cc2ccc(OC)cc2n(C)c1=O. The Morgan fingerprint density at radius 1 is 1.19 bits per heavy atom. The Bertz CT molecular complexity index is 1120. The predicted octanol–water partition coefficient (Wildman–Crippen LogP) is 1.57. The van der Waals surface area contributed by atoms with Crippen LogP contribution in [0.15, 0.2) is 33.9 Å². The molecule has 3 aromatic rings. The van der Waals surface area contributed by atoms with Gasteiger partial charge in [-0.2, -0.15) is 0 Å². The predicted molar refractivity (Wildman–Crippen MR) is 100 cm³/mol. The number of pyridine rings is 1. The lowest BCUT2D eigenvalue weighted by molar-refractivity contribution is -0.140. The van der Waals surface area contributed by atoms with Crippen molar-refractivity contribution in [2.24, 2.45) is 7.05 Å². The molecular formula is C19H21N3O5. The van der Waals surface area contributed by atoms with E-state index in [-0.39, 0.29) is 17.5 Å². The van der Waals surface area contributed by atoms with Crippen LogP contribution in [0.2, 0.25) is 0 Å². The van der Waals surface area contributed by atoms with E-state index in [9.17, 15) is 14.4 Å². The van der Waals surface area contributed by atoms with E-state index in [0.29, 0.717) is 28.1 Å². The highest BCUT2D eigenvalue weighted by Crippen LogP contribution is 2.29. The molecule has 0 unspecified atom stereocenters. The molecule has 1 aromatic carbocycles. The molecule has 2 heterocycles. The molecule has 0 aliphatic heterocycles. The fourth-order valence-corrected chi connectivity index (χ4v) is 3.34. The Morgan fingerprint density at radius 2 is 1.93 bits per heavy atom. The van der Waals surface area contributed by atoms with Gasteiger partial charge in [-0.3, -0.25) is 19.5 Å². The monoisotopic (exact) mass is 371 g/mol. The van der Waals surface area contributed by atoms with Crippen molar-refractivity contribution < 1.29 is 14.3 Å². The van der Waals surface area contributed by atoms with E-state index in [0.717, 1.165) is 5.39 Å². The van der Waals surface area contributed by atoms with Crippen molar-refractivity contribution in [1.29, 1.82) is 0 Å². The molecule has 0 fully saturated rings. The fraction of sp³-hybridized carbons (Fsp3) is 0.316. The molecule has 2 N–H and O–H groups in total. The minimum Gasteiger partial charge on any atom is -0.497 e. The van der Waals surface area contributed by atoms with E-state index in [1.165, 1.54) is 11.7 Å². The number of hydrogen-bond acceptors (Lipinski definition) is 5. The summed E-state index contributed by atoms with van der Waals surface area (Å²) in [6, 6.07) is 7.11. The van der Waals surface area contributed by atoms with Gasteiger partial charge in [-0.05, 0) is 30.5 Å². The van der Waals surface area contributed by atoms with E-state index < -0.39 is 11.9 Å². The highest BCUT2D eigenvalue weighted by atomic mass is 16.5. The lowest BCUT2D eigenvalue weighted by atomic mass is 9.88. The number of carbonyl (C=O) groups excluding carboxylic acids is 1. The molecule has 2 aromatic heterocycles. The van der Waals surface area contributed by atoms with E-state index in [1.807, 2.05) is 6.07 Å². The molecule has 0 saturated heterocycles. The lowest BCUT2D eigenvalue weighted by Crippen LogP contribution is -2.27. The van der Waals surface area contributed by atoms with Gasteiger partial charge in [0.05, 0.1) is 26.2 Å². The molecule has 0 spiro atoms. The lowest BCUT2D eigenvalue weighted by Gasteiger charge is -2.17. The zero-order valence-corrected chi connectivity index (χ0v) is 15.6. The van der Waals surface area contributed by atoms with Gasteiger partial charge in [-0.15, -0.1) is 0 Å². The molecule has 142 valence electrons. The maximum Gasteiger partial charge on any atom is 0.306 e. The number of H-pyrrole nitrogens is 2. The van der Waals surface area contributed by atoms with E-state index >= 15 is 0 Å². The third-order valence-electron chi connectivity index (χ3n) is 4.80. The van der Waals surface area contributed by atoms with Crippen LogP contribution in [0.1, 0.15) is 29.2 Å². The molecule has 0 amide bonds. The second-order valence-corrected chi connectivity index (χ2v) is 6.34. The molecule has 0 radical (unpaired) electrons. The van der Waals surface area contributed by atoms with Crippen molar-refractivity contribution in [3.05, 3.63) is 61.8 Å². The molecule has 0 saturated carbocycles. The number of esters is 1. The first-order chi connectivity index (χ1) is 12.9. The highest BCUT2D eigenvalue weighted by Gasteiger charge is 2.27. The van der Waals surface area contributed by atoms with Crippen molar-refractivity contribution in [2.75, 3.05) is 14.2 Å². The van der Waals surface area contributed by atoms with Crippen molar-refractivity contribution in [3.63, 3.8) is 0 Å². The van der Waals surface area contributed by atoms with Crippen molar-refractivity contribution in [2.45, 2.75) is 19.3 Å². The first-order valence-corrected chi connectivity index (χ1v) is 8.39. The number of hydrogen-bond donors (Lipinski definition) is 2. The first-order valence-electron chi connectivity index (χ1n) is 8.39. The van der Waals surface area contributed by atoms with Gasteiger partial charge in [0.15, 0.2) is 0 Å². The minimum atomic E-state index is -0.724. The van der Waals surface area contributed by atoms with Crippen LogP contribution >= 0.6 is 0 Å². The van der Waals surface area contributed by atoms with E-state index in [2.05, 4.69) is 10.2 Å². The molecule has 3 rings (SSSR count). The van der Waals surface area contributed by atoms with Crippen LogP contribution in [0, 0.1) is 6.92 Å². The molecule has 0 aliphatic rings. The molecule has 0 bridgehead atoms. The molecule has 27 heavy (non-hydrogen) atoms. The van der Waals surface area contributed by atoms with Gasteiger partial charge >= 0.3 is 5.97 Å². The van der Waals surface area contributed by atoms with Gasteiger partial charge in [-0.1, -0.05) is 0 Å². The van der Waals surface area contributed by atoms with Gasteiger partial charge in [0.2, 0.25) is 0 Å².